The summed E-state index contributed by atoms with van der Waals surface area (Å²) >= 11 is 0. The fraction of sp³-hybridized carbons (Fsp3) is 0.400. The van der Waals surface area contributed by atoms with Crippen molar-refractivity contribution in [3.05, 3.63) is 35.9 Å². The minimum atomic E-state index is -0.959. The molecule has 6 nitrogen and oxygen atoms in total. The third-order valence-corrected chi connectivity index (χ3v) is 2.31. The lowest BCUT2D eigenvalue weighted by molar-refractivity contribution is -0.145. The number of benzene rings is 1. The molecule has 0 radical (unpaired) electrons. The van der Waals surface area contributed by atoms with Gasteiger partial charge < -0.3 is 15.6 Å². The number of ether oxygens (including phenoxy) is 1. The number of carboxylic acids is 1. The molecule has 1 aromatic rings. The Kier molecular flexibility index (Phi) is 9.45. The van der Waals surface area contributed by atoms with Crippen molar-refractivity contribution in [1.82, 2.24) is 0 Å². The van der Waals surface area contributed by atoms with Crippen molar-refractivity contribution in [3.8, 4) is 0 Å². The van der Waals surface area contributed by atoms with Crippen molar-refractivity contribution in [1.29, 1.82) is 0 Å². The summed E-state index contributed by atoms with van der Waals surface area (Å²) in [6.45, 7) is 3.40. The summed E-state index contributed by atoms with van der Waals surface area (Å²) in [6.07, 6.45) is 0.282. The second-order valence-electron chi connectivity index (χ2n) is 4.32. The number of Topliss-reactive ketones (excluding diaryl/α,β-unsaturated/α-hetero) is 1. The molecule has 1 rings (SSSR count). The van der Waals surface area contributed by atoms with Crippen LogP contribution in [0.25, 0.3) is 0 Å². The number of nitrogens with two attached hydrogens (primary N) is 1. The lowest BCUT2D eigenvalue weighted by atomic mass is 10.1. The van der Waals surface area contributed by atoms with Gasteiger partial charge in [-0.25, -0.2) is 0 Å². The zero-order valence-corrected chi connectivity index (χ0v) is 12.2. The van der Waals surface area contributed by atoms with Gasteiger partial charge in [0.15, 0.2) is 0 Å². The lowest BCUT2D eigenvalue weighted by Gasteiger charge is -2.04. The summed E-state index contributed by atoms with van der Waals surface area (Å²) in [6, 6.07) is 8.54. The number of carbonyl (C=O) groups excluding carboxylic acids is 2. The van der Waals surface area contributed by atoms with E-state index >= 15 is 0 Å². The molecular weight excluding hydrogens is 274 g/mol. The molecule has 116 valence electrons. The number of carboxylic acid groups (broad SMARTS) is 1. The normalized spacial score (nSPS) is 10.8. The third kappa shape index (κ3) is 10.3. The number of esters is 1. The Bertz CT molecular complexity index is 458. The van der Waals surface area contributed by atoms with Crippen LogP contribution in [-0.4, -0.2) is 35.5 Å². The van der Waals surface area contributed by atoms with Crippen molar-refractivity contribution in [2.24, 2.45) is 5.73 Å². The van der Waals surface area contributed by atoms with Gasteiger partial charge in [-0.05, 0) is 25.8 Å². The van der Waals surface area contributed by atoms with E-state index in [0.29, 0.717) is 13.0 Å². The first-order valence-electron chi connectivity index (χ1n) is 6.54. The Labute approximate surface area is 123 Å². The van der Waals surface area contributed by atoms with E-state index in [-0.39, 0.29) is 12.2 Å². The highest BCUT2D eigenvalue weighted by Gasteiger charge is 2.10. The van der Waals surface area contributed by atoms with Crippen molar-refractivity contribution < 1.29 is 24.2 Å². The van der Waals surface area contributed by atoms with Crippen LogP contribution in [-0.2, 0) is 25.5 Å². The summed E-state index contributed by atoms with van der Waals surface area (Å²) < 4.78 is 4.49. The van der Waals surface area contributed by atoms with Crippen LogP contribution in [0.3, 0.4) is 0 Å². The fourth-order valence-electron chi connectivity index (χ4n) is 1.37. The monoisotopic (exact) mass is 295 g/mol. The zero-order chi connectivity index (χ0) is 16.3. The van der Waals surface area contributed by atoms with E-state index in [2.05, 4.69) is 4.74 Å². The molecule has 1 unspecified atom stereocenters. The number of rotatable bonds is 6. The summed E-state index contributed by atoms with van der Waals surface area (Å²) in [5.74, 6) is -1.56. The van der Waals surface area contributed by atoms with Crippen LogP contribution in [0.4, 0.5) is 0 Å². The molecule has 0 aliphatic carbocycles. The van der Waals surface area contributed by atoms with E-state index < -0.39 is 18.0 Å². The number of carbonyl (C=O) groups is 3. The minimum Gasteiger partial charge on any atom is -0.480 e. The van der Waals surface area contributed by atoms with Crippen LogP contribution in [0.2, 0.25) is 0 Å². The van der Waals surface area contributed by atoms with Gasteiger partial charge in [0.2, 0.25) is 0 Å². The van der Waals surface area contributed by atoms with E-state index in [1.165, 1.54) is 6.92 Å². The molecule has 0 saturated heterocycles. The highest BCUT2D eigenvalue weighted by molar-refractivity contribution is 5.94. The maximum absolute atomic E-state index is 10.4. The van der Waals surface area contributed by atoms with E-state index in [4.69, 9.17) is 10.8 Å². The molecule has 1 atom stereocenters. The van der Waals surface area contributed by atoms with E-state index in [1.807, 2.05) is 30.3 Å². The van der Waals surface area contributed by atoms with Crippen molar-refractivity contribution in [2.45, 2.75) is 32.7 Å². The lowest BCUT2D eigenvalue weighted by Crippen LogP contribution is -2.32. The Morgan fingerprint density at radius 1 is 1.24 bits per heavy atom. The van der Waals surface area contributed by atoms with Crippen LogP contribution < -0.4 is 5.73 Å². The van der Waals surface area contributed by atoms with Crippen LogP contribution in [0, 0.1) is 0 Å². The molecule has 0 bridgehead atoms. The SMILES string of the molecule is CCOC(=O)CC(C)=O.NC(Cc1ccccc1)C(=O)O. The average Bonchev–Trinajstić information content (AvgIpc) is 2.39. The summed E-state index contributed by atoms with van der Waals surface area (Å²) in [7, 11) is 0. The molecule has 6 heteroatoms. The molecule has 0 saturated carbocycles. The van der Waals surface area contributed by atoms with Gasteiger partial charge in [-0.2, -0.15) is 0 Å². The van der Waals surface area contributed by atoms with Gasteiger partial charge >= 0.3 is 11.9 Å². The second kappa shape index (κ2) is 10.6. The van der Waals surface area contributed by atoms with Gasteiger partial charge in [0.1, 0.15) is 18.2 Å². The number of hydrogen-bond donors (Lipinski definition) is 2. The third-order valence-electron chi connectivity index (χ3n) is 2.31. The van der Waals surface area contributed by atoms with Gasteiger partial charge in [-0.1, -0.05) is 30.3 Å². The molecule has 3 N–H and O–H groups in total. The predicted molar refractivity (Wildman–Crippen MR) is 77.7 cm³/mol. The van der Waals surface area contributed by atoms with Gasteiger partial charge in [0.05, 0.1) is 6.61 Å². The Hall–Kier alpha value is -2.21. The minimum absolute atomic E-state index is 0.103. The summed E-state index contributed by atoms with van der Waals surface area (Å²) in [5.41, 5.74) is 6.30. The Balaban J connectivity index is 0.000000400. The molecule has 0 fully saturated rings. The molecule has 0 aliphatic rings. The van der Waals surface area contributed by atoms with E-state index in [0.717, 1.165) is 5.56 Å². The van der Waals surface area contributed by atoms with E-state index in [1.54, 1.807) is 6.92 Å². The molecule has 0 aliphatic heterocycles. The number of ketones is 1. The molecule has 0 spiro atoms. The van der Waals surface area contributed by atoms with Crippen LogP contribution in [0.1, 0.15) is 25.8 Å². The molecule has 21 heavy (non-hydrogen) atoms. The highest BCUT2D eigenvalue weighted by Crippen LogP contribution is 2.01. The topological polar surface area (TPSA) is 107 Å². The summed E-state index contributed by atoms with van der Waals surface area (Å²) in [5, 5.41) is 8.52. The van der Waals surface area contributed by atoms with Crippen molar-refractivity contribution in [3.63, 3.8) is 0 Å². The second-order valence-corrected chi connectivity index (χ2v) is 4.32. The number of hydrogen-bond acceptors (Lipinski definition) is 5. The largest absolute Gasteiger partial charge is 0.480 e. The highest BCUT2D eigenvalue weighted by atomic mass is 16.5. The van der Waals surface area contributed by atoms with Gasteiger partial charge in [-0.3, -0.25) is 14.4 Å². The van der Waals surface area contributed by atoms with Gasteiger partial charge in [-0.15, -0.1) is 0 Å². The summed E-state index contributed by atoms with van der Waals surface area (Å²) in [4.78, 5) is 31.0. The van der Waals surface area contributed by atoms with Crippen molar-refractivity contribution in [2.75, 3.05) is 6.61 Å². The number of aliphatic carboxylic acids is 1. The first-order valence-corrected chi connectivity index (χ1v) is 6.54. The maximum Gasteiger partial charge on any atom is 0.320 e. The van der Waals surface area contributed by atoms with Gasteiger partial charge in [0, 0.05) is 0 Å². The van der Waals surface area contributed by atoms with Crippen LogP contribution in [0.5, 0.6) is 0 Å². The van der Waals surface area contributed by atoms with Crippen LogP contribution in [0.15, 0.2) is 30.3 Å². The maximum atomic E-state index is 10.4. The molecule has 0 amide bonds. The Morgan fingerprint density at radius 3 is 2.24 bits per heavy atom. The molecule has 0 heterocycles. The molecular formula is C15H21NO5. The molecule has 1 aromatic carbocycles. The standard InChI is InChI=1S/C9H11NO2.C6H10O3/c10-8(9(11)12)6-7-4-2-1-3-5-7;1-3-9-6(8)4-5(2)7/h1-5,8H,6,10H2,(H,11,12);3-4H2,1-2H3. The first-order chi connectivity index (χ1) is 9.86. The first kappa shape index (κ1) is 18.8. The van der Waals surface area contributed by atoms with Crippen molar-refractivity contribution >= 4 is 17.7 Å². The Morgan fingerprint density at radius 2 is 1.81 bits per heavy atom. The van der Waals surface area contributed by atoms with Gasteiger partial charge in [0.25, 0.3) is 0 Å². The predicted octanol–water partition coefficient (Wildman–Crippen LogP) is 1.17. The average molecular weight is 295 g/mol. The zero-order valence-electron chi connectivity index (χ0n) is 12.2. The smallest absolute Gasteiger partial charge is 0.320 e. The fourth-order valence-corrected chi connectivity index (χ4v) is 1.37. The van der Waals surface area contributed by atoms with Crippen LogP contribution >= 0.6 is 0 Å². The molecule has 0 aromatic heterocycles. The quantitative estimate of drug-likeness (QED) is 0.602. The van der Waals surface area contributed by atoms with E-state index in [9.17, 15) is 14.4 Å².